The lowest BCUT2D eigenvalue weighted by molar-refractivity contribution is 0.294. The van der Waals surface area contributed by atoms with Crippen LogP contribution >= 0.6 is 11.3 Å². The van der Waals surface area contributed by atoms with Crippen molar-refractivity contribution in [2.75, 3.05) is 13.1 Å². The van der Waals surface area contributed by atoms with Crippen molar-refractivity contribution in [3.8, 4) is 0 Å². The van der Waals surface area contributed by atoms with Gasteiger partial charge in [-0.25, -0.2) is 14.1 Å². The zero-order valence-electron chi connectivity index (χ0n) is 16.7. The number of fused-ring (bicyclic) bond motifs is 2. The second-order valence-corrected chi connectivity index (χ2v) is 9.25. The fraction of sp³-hybridized carbons (Fsp3) is 0.429. The van der Waals surface area contributed by atoms with Crippen LogP contribution in [0.1, 0.15) is 34.9 Å². The number of benzene rings is 1. The molecular weight excluding hydrogens is 405 g/mol. The molecule has 0 saturated carbocycles. The Kier molecular flexibility index (Phi) is 4.67. The molecule has 30 heavy (non-hydrogen) atoms. The molecule has 2 aliphatic rings. The SMILES string of the molecule is Cc1nc(Cn2nc3n(c(=O)c2=O)CC[C@]32CCN(Cc3ccccc3F)C2)cs1. The molecule has 1 fully saturated rings. The third-order valence-electron chi connectivity index (χ3n) is 6.18. The van der Waals surface area contributed by atoms with Crippen LogP contribution in [0.15, 0.2) is 39.2 Å². The first-order chi connectivity index (χ1) is 14.4. The molecule has 3 aromatic rings. The van der Waals surface area contributed by atoms with Crippen LogP contribution in [0, 0.1) is 12.7 Å². The van der Waals surface area contributed by atoms with Gasteiger partial charge in [-0.3, -0.25) is 19.1 Å². The van der Waals surface area contributed by atoms with Crippen LogP contribution in [-0.4, -0.2) is 37.3 Å². The van der Waals surface area contributed by atoms with Crippen molar-refractivity contribution in [2.24, 2.45) is 0 Å². The topological polar surface area (TPSA) is 73.0 Å². The van der Waals surface area contributed by atoms with Gasteiger partial charge in [0.25, 0.3) is 0 Å². The summed E-state index contributed by atoms with van der Waals surface area (Å²) in [5, 5.41) is 7.44. The number of likely N-dealkylation sites (tertiary alicyclic amines) is 1. The van der Waals surface area contributed by atoms with Crippen LogP contribution in [-0.2, 0) is 25.0 Å². The monoisotopic (exact) mass is 427 g/mol. The molecule has 0 unspecified atom stereocenters. The fourth-order valence-corrected chi connectivity index (χ4v) is 5.27. The van der Waals surface area contributed by atoms with Gasteiger partial charge in [-0.2, -0.15) is 5.10 Å². The maximum absolute atomic E-state index is 14.1. The molecule has 2 aromatic heterocycles. The van der Waals surface area contributed by atoms with Crippen molar-refractivity contribution >= 4 is 11.3 Å². The smallest absolute Gasteiger partial charge is 0.298 e. The van der Waals surface area contributed by atoms with Gasteiger partial charge in [0.2, 0.25) is 0 Å². The summed E-state index contributed by atoms with van der Waals surface area (Å²) in [5.41, 5.74) is -0.00499. The number of aryl methyl sites for hydroxylation is 1. The quantitative estimate of drug-likeness (QED) is 0.595. The van der Waals surface area contributed by atoms with E-state index in [-0.39, 0.29) is 17.8 Å². The highest BCUT2D eigenvalue weighted by Crippen LogP contribution is 2.40. The highest BCUT2D eigenvalue weighted by atomic mass is 32.1. The zero-order valence-corrected chi connectivity index (χ0v) is 17.5. The maximum Gasteiger partial charge on any atom is 0.332 e. The fourth-order valence-electron chi connectivity index (χ4n) is 4.66. The van der Waals surface area contributed by atoms with Gasteiger partial charge in [-0.15, -0.1) is 11.3 Å². The minimum atomic E-state index is -0.609. The lowest BCUT2D eigenvalue weighted by Gasteiger charge is -2.24. The molecule has 0 aliphatic carbocycles. The predicted molar refractivity (Wildman–Crippen MR) is 111 cm³/mol. The molecule has 156 valence electrons. The van der Waals surface area contributed by atoms with Gasteiger partial charge in [-0.05, 0) is 32.4 Å². The van der Waals surface area contributed by atoms with Gasteiger partial charge in [0.1, 0.15) is 11.6 Å². The molecule has 2 aliphatic heterocycles. The average molecular weight is 428 g/mol. The van der Waals surface area contributed by atoms with Crippen LogP contribution in [0.5, 0.6) is 0 Å². The van der Waals surface area contributed by atoms with Gasteiger partial charge >= 0.3 is 11.1 Å². The average Bonchev–Trinajstić information content (AvgIpc) is 3.42. The third kappa shape index (κ3) is 3.22. The minimum absolute atomic E-state index is 0.196. The Morgan fingerprint density at radius 3 is 2.70 bits per heavy atom. The molecule has 1 atom stereocenters. The summed E-state index contributed by atoms with van der Waals surface area (Å²) in [4.78, 5) is 31.9. The van der Waals surface area contributed by atoms with Crippen LogP contribution in [0.2, 0.25) is 0 Å². The molecule has 7 nitrogen and oxygen atoms in total. The van der Waals surface area contributed by atoms with E-state index in [2.05, 4.69) is 15.0 Å². The van der Waals surface area contributed by atoms with E-state index in [4.69, 9.17) is 0 Å². The van der Waals surface area contributed by atoms with E-state index in [1.807, 2.05) is 18.4 Å². The summed E-state index contributed by atoms with van der Waals surface area (Å²) in [5.74, 6) is 0.474. The van der Waals surface area contributed by atoms with Crippen LogP contribution in [0.3, 0.4) is 0 Å². The summed E-state index contributed by atoms with van der Waals surface area (Å²) in [6.45, 7) is 4.62. The van der Waals surface area contributed by atoms with E-state index in [1.54, 1.807) is 12.1 Å². The van der Waals surface area contributed by atoms with E-state index >= 15 is 0 Å². The minimum Gasteiger partial charge on any atom is -0.298 e. The van der Waals surface area contributed by atoms with E-state index in [9.17, 15) is 14.0 Å². The summed E-state index contributed by atoms with van der Waals surface area (Å²) in [6, 6.07) is 6.82. The van der Waals surface area contributed by atoms with Gasteiger partial charge in [-0.1, -0.05) is 18.2 Å². The Hall–Kier alpha value is -2.65. The van der Waals surface area contributed by atoms with Crippen molar-refractivity contribution in [1.29, 1.82) is 0 Å². The first-order valence-electron chi connectivity index (χ1n) is 10.0. The number of aromatic nitrogens is 4. The second-order valence-electron chi connectivity index (χ2n) is 8.18. The van der Waals surface area contributed by atoms with Crippen molar-refractivity contribution in [2.45, 2.75) is 44.8 Å². The molecule has 9 heteroatoms. The van der Waals surface area contributed by atoms with E-state index in [0.29, 0.717) is 31.0 Å². The Bertz CT molecular complexity index is 1230. The summed E-state index contributed by atoms with van der Waals surface area (Å²) < 4.78 is 16.9. The normalized spacial score (nSPS) is 20.9. The van der Waals surface area contributed by atoms with Crippen molar-refractivity contribution < 1.29 is 4.39 Å². The molecule has 5 rings (SSSR count). The molecule has 0 N–H and O–H groups in total. The highest BCUT2D eigenvalue weighted by Gasteiger charge is 2.47. The van der Waals surface area contributed by atoms with Gasteiger partial charge < -0.3 is 0 Å². The standard InChI is InChI=1S/C21H22FN5O2S/c1-14-23-16(12-30-14)11-27-19(29)18(28)26-9-7-21(20(26)24-27)6-8-25(13-21)10-15-4-2-3-5-17(15)22/h2-5,12H,6-11,13H2,1H3/t21-/m0/s1. The number of hydrogen-bond acceptors (Lipinski definition) is 6. The first kappa shape index (κ1) is 19.3. The molecule has 1 aromatic carbocycles. The Balaban J connectivity index is 1.45. The zero-order chi connectivity index (χ0) is 20.9. The Labute approximate surface area is 176 Å². The number of hydrogen-bond donors (Lipinski definition) is 0. The first-order valence-corrected chi connectivity index (χ1v) is 10.9. The number of rotatable bonds is 4. The van der Waals surface area contributed by atoms with Gasteiger partial charge in [0, 0.05) is 36.0 Å². The Morgan fingerprint density at radius 2 is 1.93 bits per heavy atom. The molecule has 0 bridgehead atoms. The Morgan fingerprint density at radius 1 is 1.13 bits per heavy atom. The lowest BCUT2D eigenvalue weighted by atomic mass is 9.85. The number of thiazole rings is 1. The number of nitrogens with zero attached hydrogens (tertiary/aromatic N) is 5. The van der Waals surface area contributed by atoms with E-state index < -0.39 is 11.1 Å². The number of halogens is 1. The molecule has 1 saturated heterocycles. The van der Waals surface area contributed by atoms with Crippen LogP contribution < -0.4 is 11.1 Å². The summed E-state index contributed by atoms with van der Waals surface area (Å²) >= 11 is 1.51. The molecule has 0 amide bonds. The summed E-state index contributed by atoms with van der Waals surface area (Å²) in [7, 11) is 0. The van der Waals surface area contributed by atoms with Crippen molar-refractivity contribution in [1.82, 2.24) is 24.2 Å². The van der Waals surface area contributed by atoms with Gasteiger partial charge in [0.05, 0.1) is 17.2 Å². The molecule has 0 radical (unpaired) electrons. The maximum atomic E-state index is 14.1. The summed E-state index contributed by atoms with van der Waals surface area (Å²) in [6.07, 6.45) is 1.60. The van der Waals surface area contributed by atoms with Crippen LogP contribution in [0.4, 0.5) is 4.39 Å². The molecule has 1 spiro atoms. The third-order valence-corrected chi connectivity index (χ3v) is 7.01. The van der Waals surface area contributed by atoms with Gasteiger partial charge in [0.15, 0.2) is 0 Å². The van der Waals surface area contributed by atoms with E-state index in [1.165, 1.54) is 26.7 Å². The van der Waals surface area contributed by atoms with Crippen molar-refractivity contribution in [3.05, 3.63) is 78.3 Å². The second kappa shape index (κ2) is 7.24. The molecular formula is C21H22FN5O2S. The van der Waals surface area contributed by atoms with Crippen molar-refractivity contribution in [3.63, 3.8) is 0 Å². The largest absolute Gasteiger partial charge is 0.332 e. The van der Waals surface area contributed by atoms with Crippen LogP contribution in [0.25, 0.3) is 0 Å². The lowest BCUT2D eigenvalue weighted by Crippen LogP contribution is -2.45. The highest BCUT2D eigenvalue weighted by molar-refractivity contribution is 7.09. The predicted octanol–water partition coefficient (Wildman–Crippen LogP) is 1.90. The molecule has 4 heterocycles. The van der Waals surface area contributed by atoms with E-state index in [0.717, 1.165) is 30.1 Å².